The van der Waals surface area contributed by atoms with Crippen LogP contribution in [0.15, 0.2) is 47.6 Å². The number of hydrogen-bond donors (Lipinski definition) is 0. The zero-order valence-electron chi connectivity index (χ0n) is 20.0. The molecule has 36 heavy (non-hydrogen) atoms. The van der Waals surface area contributed by atoms with Crippen LogP contribution < -0.4 is 4.18 Å². The second-order valence-electron chi connectivity index (χ2n) is 8.71. The van der Waals surface area contributed by atoms with Crippen LogP contribution in [0.2, 0.25) is 0 Å². The molecule has 1 aliphatic heterocycles. The van der Waals surface area contributed by atoms with E-state index < -0.39 is 21.9 Å². The summed E-state index contributed by atoms with van der Waals surface area (Å²) in [6.07, 6.45) is -0.772. The van der Waals surface area contributed by atoms with Gasteiger partial charge in [-0.15, -0.1) is 10.2 Å². The normalized spacial score (nSPS) is 14.9. The Hall–Kier alpha value is -2.57. The van der Waals surface area contributed by atoms with Gasteiger partial charge in [0.1, 0.15) is 5.75 Å². The highest BCUT2D eigenvalue weighted by Gasteiger charge is 2.31. The minimum Gasteiger partial charge on any atom is -0.383 e. The largest absolute Gasteiger partial charge is 0.416 e. The first-order valence-corrected chi connectivity index (χ1v) is 14.2. The summed E-state index contributed by atoms with van der Waals surface area (Å²) < 4.78 is 68.7. The zero-order valence-corrected chi connectivity index (χ0v) is 21.6. The van der Waals surface area contributed by atoms with Gasteiger partial charge in [0.05, 0.1) is 11.8 Å². The molecule has 0 atom stereocenters. The maximum Gasteiger partial charge on any atom is 0.416 e. The molecule has 1 aliphatic rings. The van der Waals surface area contributed by atoms with Crippen LogP contribution in [0.3, 0.4) is 0 Å². The highest BCUT2D eigenvalue weighted by Crippen LogP contribution is 2.32. The van der Waals surface area contributed by atoms with Crippen LogP contribution in [0.4, 0.5) is 13.2 Å². The van der Waals surface area contributed by atoms with Gasteiger partial charge in [-0.05, 0) is 61.2 Å². The number of aromatic nitrogens is 3. The molecule has 12 heteroatoms. The number of halogens is 3. The van der Waals surface area contributed by atoms with Crippen molar-refractivity contribution in [3.05, 3.63) is 59.2 Å². The molecule has 0 spiro atoms. The van der Waals surface area contributed by atoms with Crippen LogP contribution in [0.1, 0.15) is 23.1 Å². The van der Waals surface area contributed by atoms with Crippen LogP contribution in [0, 0.1) is 0 Å². The van der Waals surface area contributed by atoms with E-state index in [9.17, 15) is 21.6 Å². The molecule has 0 unspecified atom stereocenters. The summed E-state index contributed by atoms with van der Waals surface area (Å²) in [6, 6.07) is 10.5. The number of thioether (sulfide) groups is 1. The third kappa shape index (κ3) is 6.80. The van der Waals surface area contributed by atoms with Gasteiger partial charge in [0.25, 0.3) is 0 Å². The van der Waals surface area contributed by atoms with Gasteiger partial charge < -0.3 is 13.7 Å². The molecule has 2 heterocycles. The summed E-state index contributed by atoms with van der Waals surface area (Å²) in [6.45, 7) is 2.67. The van der Waals surface area contributed by atoms with Gasteiger partial charge in [-0.2, -0.15) is 21.6 Å². The lowest BCUT2D eigenvalue weighted by atomic mass is 10.0. The Morgan fingerprint density at radius 1 is 1.06 bits per heavy atom. The van der Waals surface area contributed by atoms with Crippen molar-refractivity contribution in [2.75, 3.05) is 31.6 Å². The summed E-state index contributed by atoms with van der Waals surface area (Å²) in [5.74, 6) is 1.53. The number of nitrogens with zero attached hydrogens (tertiary/aromatic N) is 4. The van der Waals surface area contributed by atoms with Crippen molar-refractivity contribution < 1.29 is 25.8 Å². The van der Waals surface area contributed by atoms with Gasteiger partial charge in [0.15, 0.2) is 11.0 Å². The standard InChI is InChI=1S/C24H27F3N4O3S2/c1-30-22(19-5-3-6-20(15-19)24(25,26)27)28-29-23(30)35-14-4-11-31-12-9-17-7-8-21(34-36(2,32)33)16-18(17)10-13-31/h3,5-8,15-16H,4,9-14H2,1-2H3. The first-order valence-electron chi connectivity index (χ1n) is 11.4. The third-order valence-electron chi connectivity index (χ3n) is 5.95. The Balaban J connectivity index is 1.29. The Morgan fingerprint density at radius 3 is 2.53 bits per heavy atom. The molecule has 2 aromatic carbocycles. The van der Waals surface area contributed by atoms with Gasteiger partial charge in [-0.25, -0.2) is 0 Å². The van der Waals surface area contributed by atoms with Gasteiger partial charge in [-0.3, -0.25) is 0 Å². The molecule has 1 aromatic heterocycles. The maximum atomic E-state index is 13.0. The number of rotatable bonds is 8. The first kappa shape index (κ1) is 26.5. The molecule has 0 N–H and O–H groups in total. The number of hydrogen-bond acceptors (Lipinski definition) is 7. The van der Waals surface area contributed by atoms with Crippen LogP contribution in [0.5, 0.6) is 5.75 Å². The molecule has 0 radical (unpaired) electrons. The predicted octanol–water partition coefficient (Wildman–Crippen LogP) is 4.42. The van der Waals surface area contributed by atoms with E-state index in [0.717, 1.165) is 68.6 Å². The van der Waals surface area contributed by atoms with Crippen molar-refractivity contribution in [2.45, 2.75) is 30.6 Å². The second-order valence-corrected chi connectivity index (χ2v) is 11.3. The van der Waals surface area contributed by atoms with Crippen LogP contribution in [-0.4, -0.2) is 59.7 Å². The second kappa shape index (κ2) is 10.8. The average Bonchev–Trinajstić information content (AvgIpc) is 3.04. The topological polar surface area (TPSA) is 77.3 Å². The summed E-state index contributed by atoms with van der Waals surface area (Å²) in [5, 5.41) is 8.94. The van der Waals surface area contributed by atoms with Crippen molar-refractivity contribution in [1.82, 2.24) is 19.7 Å². The van der Waals surface area contributed by atoms with Crippen molar-refractivity contribution in [1.29, 1.82) is 0 Å². The fourth-order valence-corrected chi connectivity index (χ4v) is 5.46. The molecular weight excluding hydrogens is 513 g/mol. The van der Waals surface area contributed by atoms with E-state index in [1.54, 1.807) is 23.7 Å². The summed E-state index contributed by atoms with van der Waals surface area (Å²) >= 11 is 1.53. The molecule has 0 saturated heterocycles. The fraction of sp³-hybridized carbons (Fsp3) is 0.417. The van der Waals surface area contributed by atoms with Crippen molar-refractivity contribution in [2.24, 2.45) is 7.05 Å². The quantitative estimate of drug-likeness (QED) is 0.238. The molecule has 0 aliphatic carbocycles. The SMILES string of the molecule is Cn1c(SCCCN2CCc3ccc(OS(C)(=O)=O)cc3CC2)nnc1-c1cccc(C(F)(F)F)c1. The predicted molar refractivity (Wildman–Crippen MR) is 133 cm³/mol. The van der Waals surface area contributed by atoms with Gasteiger partial charge in [-0.1, -0.05) is 30.0 Å². The van der Waals surface area contributed by atoms with E-state index >= 15 is 0 Å². The zero-order chi connectivity index (χ0) is 25.9. The summed E-state index contributed by atoms with van der Waals surface area (Å²) in [5.41, 5.74) is 1.97. The molecule has 4 rings (SSSR count). The Morgan fingerprint density at radius 2 is 1.81 bits per heavy atom. The van der Waals surface area contributed by atoms with E-state index in [0.29, 0.717) is 22.3 Å². The number of fused-ring (bicyclic) bond motifs is 1. The van der Waals surface area contributed by atoms with Crippen LogP contribution in [-0.2, 0) is 36.2 Å². The molecule has 7 nitrogen and oxygen atoms in total. The fourth-order valence-electron chi connectivity index (χ4n) is 4.18. The van der Waals surface area contributed by atoms with E-state index in [-0.39, 0.29) is 0 Å². The minimum atomic E-state index is -4.41. The number of benzene rings is 2. The van der Waals surface area contributed by atoms with Crippen molar-refractivity contribution in [3.63, 3.8) is 0 Å². The lowest BCUT2D eigenvalue weighted by Crippen LogP contribution is -2.27. The average molecular weight is 541 g/mol. The van der Waals surface area contributed by atoms with Crippen molar-refractivity contribution >= 4 is 21.9 Å². The first-order chi connectivity index (χ1) is 17.0. The Labute approximate surface area is 212 Å². The lowest BCUT2D eigenvalue weighted by Gasteiger charge is -2.19. The molecule has 0 bridgehead atoms. The molecule has 0 saturated carbocycles. The van der Waals surface area contributed by atoms with Crippen LogP contribution in [0.25, 0.3) is 11.4 Å². The van der Waals surface area contributed by atoms with E-state index in [1.165, 1.54) is 23.4 Å². The Kier molecular flexibility index (Phi) is 7.96. The van der Waals surface area contributed by atoms with Crippen molar-refractivity contribution in [3.8, 4) is 17.1 Å². The van der Waals surface area contributed by atoms with Gasteiger partial charge in [0.2, 0.25) is 0 Å². The molecule has 0 fully saturated rings. The molecular formula is C24H27F3N4O3S2. The maximum absolute atomic E-state index is 13.0. The van der Waals surface area contributed by atoms with E-state index in [4.69, 9.17) is 4.18 Å². The lowest BCUT2D eigenvalue weighted by molar-refractivity contribution is -0.137. The van der Waals surface area contributed by atoms with E-state index in [1.807, 2.05) is 12.1 Å². The van der Waals surface area contributed by atoms with Gasteiger partial charge in [0, 0.05) is 31.5 Å². The van der Waals surface area contributed by atoms with Crippen LogP contribution >= 0.6 is 11.8 Å². The summed E-state index contributed by atoms with van der Waals surface area (Å²) in [7, 11) is -1.80. The number of alkyl halides is 3. The van der Waals surface area contributed by atoms with Gasteiger partial charge >= 0.3 is 16.3 Å². The highest BCUT2D eigenvalue weighted by molar-refractivity contribution is 7.99. The Bertz CT molecular complexity index is 1330. The smallest absolute Gasteiger partial charge is 0.383 e. The summed E-state index contributed by atoms with van der Waals surface area (Å²) in [4.78, 5) is 2.38. The molecule has 3 aromatic rings. The monoisotopic (exact) mass is 540 g/mol. The third-order valence-corrected chi connectivity index (χ3v) is 7.55. The minimum absolute atomic E-state index is 0.342. The highest BCUT2D eigenvalue weighted by atomic mass is 32.2. The van der Waals surface area contributed by atoms with E-state index in [2.05, 4.69) is 15.1 Å². The molecule has 0 amide bonds. The molecule has 194 valence electrons.